The molecule has 21 heavy (non-hydrogen) atoms. The van der Waals surface area contributed by atoms with Crippen molar-refractivity contribution in [2.75, 3.05) is 45.9 Å². The minimum absolute atomic E-state index is 0.108. The molecule has 2 heterocycles. The summed E-state index contributed by atoms with van der Waals surface area (Å²) in [4.78, 5) is 27.7. The van der Waals surface area contributed by atoms with Gasteiger partial charge in [-0.15, -0.1) is 0 Å². The molecule has 0 spiro atoms. The Balaban J connectivity index is 1.74. The maximum Gasteiger partial charge on any atom is 0.334 e. The summed E-state index contributed by atoms with van der Waals surface area (Å²) >= 11 is 0. The van der Waals surface area contributed by atoms with E-state index in [0.717, 1.165) is 25.9 Å². The van der Waals surface area contributed by atoms with Crippen molar-refractivity contribution in [1.82, 2.24) is 9.80 Å². The fraction of sp³-hybridized carbons (Fsp3) is 0.733. The smallest absolute Gasteiger partial charge is 0.334 e. The van der Waals surface area contributed by atoms with E-state index >= 15 is 0 Å². The highest BCUT2D eigenvalue weighted by Gasteiger charge is 2.30. The van der Waals surface area contributed by atoms with Crippen molar-refractivity contribution in [3.8, 4) is 0 Å². The average Bonchev–Trinajstić information content (AvgIpc) is 3.01. The molecule has 2 aliphatic rings. The number of rotatable bonds is 5. The van der Waals surface area contributed by atoms with Gasteiger partial charge in [-0.2, -0.15) is 0 Å². The molecular formula is C15H24N2O4. The van der Waals surface area contributed by atoms with Gasteiger partial charge in [-0.25, -0.2) is 4.79 Å². The van der Waals surface area contributed by atoms with Crippen LogP contribution in [-0.2, 0) is 19.1 Å². The number of amides is 1. The van der Waals surface area contributed by atoms with Crippen LogP contribution in [0.4, 0.5) is 0 Å². The Labute approximate surface area is 125 Å². The summed E-state index contributed by atoms with van der Waals surface area (Å²) in [6, 6.07) is 0. The van der Waals surface area contributed by atoms with Gasteiger partial charge in [0.25, 0.3) is 5.91 Å². The first-order valence-corrected chi connectivity index (χ1v) is 7.59. The average molecular weight is 296 g/mol. The van der Waals surface area contributed by atoms with Crippen LogP contribution in [0.2, 0.25) is 0 Å². The van der Waals surface area contributed by atoms with Gasteiger partial charge in [0.1, 0.15) is 6.10 Å². The minimum atomic E-state index is -0.338. The molecule has 6 nitrogen and oxygen atoms in total. The molecule has 0 aromatic carbocycles. The van der Waals surface area contributed by atoms with E-state index in [2.05, 4.69) is 11.5 Å². The van der Waals surface area contributed by atoms with Crippen LogP contribution in [-0.4, -0.2) is 73.7 Å². The number of ether oxygens (including phenoxy) is 2. The number of esters is 1. The zero-order valence-electron chi connectivity index (χ0n) is 12.7. The third-order valence-electron chi connectivity index (χ3n) is 3.87. The van der Waals surface area contributed by atoms with Crippen LogP contribution in [0.5, 0.6) is 0 Å². The summed E-state index contributed by atoms with van der Waals surface area (Å²) in [6.45, 7) is 9.94. The lowest BCUT2D eigenvalue weighted by atomic mass is 10.2. The Kier molecular flexibility index (Phi) is 5.76. The first-order chi connectivity index (χ1) is 10.1. The van der Waals surface area contributed by atoms with E-state index in [1.165, 1.54) is 0 Å². The number of carbonyl (C=O) groups is 2. The SMILES string of the molecule is C=C(CN1CCN(C(=O)[C@H]2CCCO2)CC1)C(=O)OCC. The molecule has 2 rings (SSSR count). The topological polar surface area (TPSA) is 59.1 Å². The van der Waals surface area contributed by atoms with Crippen molar-refractivity contribution in [1.29, 1.82) is 0 Å². The van der Waals surface area contributed by atoms with Crippen LogP contribution in [0.15, 0.2) is 12.2 Å². The second-order valence-electron chi connectivity index (χ2n) is 5.43. The molecule has 1 atom stereocenters. The van der Waals surface area contributed by atoms with Crippen LogP contribution in [0, 0.1) is 0 Å². The molecule has 0 N–H and O–H groups in total. The number of carbonyl (C=O) groups excluding carboxylic acids is 2. The summed E-state index contributed by atoms with van der Waals surface area (Å²) in [6.07, 6.45) is 1.56. The van der Waals surface area contributed by atoms with Crippen LogP contribution in [0.1, 0.15) is 19.8 Å². The highest BCUT2D eigenvalue weighted by atomic mass is 16.5. The van der Waals surface area contributed by atoms with E-state index in [-0.39, 0.29) is 18.0 Å². The summed E-state index contributed by atoms with van der Waals surface area (Å²) in [5, 5.41) is 0. The van der Waals surface area contributed by atoms with Gasteiger partial charge in [0, 0.05) is 44.9 Å². The van der Waals surface area contributed by atoms with Crippen molar-refractivity contribution in [2.45, 2.75) is 25.9 Å². The van der Waals surface area contributed by atoms with Crippen LogP contribution in [0.3, 0.4) is 0 Å². The highest BCUT2D eigenvalue weighted by molar-refractivity contribution is 5.88. The number of hydrogen-bond acceptors (Lipinski definition) is 5. The van der Waals surface area contributed by atoms with E-state index < -0.39 is 0 Å². The molecule has 0 bridgehead atoms. The van der Waals surface area contributed by atoms with E-state index in [0.29, 0.717) is 38.4 Å². The first kappa shape index (κ1) is 16.0. The van der Waals surface area contributed by atoms with Crippen molar-refractivity contribution in [3.63, 3.8) is 0 Å². The van der Waals surface area contributed by atoms with E-state index in [1.54, 1.807) is 6.92 Å². The maximum absolute atomic E-state index is 12.2. The summed E-state index contributed by atoms with van der Waals surface area (Å²) in [7, 11) is 0. The molecule has 118 valence electrons. The number of hydrogen-bond donors (Lipinski definition) is 0. The summed E-state index contributed by atoms with van der Waals surface area (Å²) in [5.74, 6) is -0.230. The van der Waals surface area contributed by atoms with Crippen molar-refractivity contribution >= 4 is 11.9 Å². The minimum Gasteiger partial charge on any atom is -0.463 e. The Bertz CT molecular complexity index is 396. The Morgan fingerprint density at radius 1 is 1.29 bits per heavy atom. The van der Waals surface area contributed by atoms with Gasteiger partial charge in [0.15, 0.2) is 0 Å². The molecule has 2 aliphatic heterocycles. The zero-order valence-corrected chi connectivity index (χ0v) is 12.7. The number of piperazine rings is 1. The van der Waals surface area contributed by atoms with Gasteiger partial charge < -0.3 is 14.4 Å². The van der Waals surface area contributed by atoms with Crippen LogP contribution < -0.4 is 0 Å². The van der Waals surface area contributed by atoms with Gasteiger partial charge in [-0.05, 0) is 19.8 Å². The Morgan fingerprint density at radius 3 is 2.57 bits per heavy atom. The molecule has 0 unspecified atom stereocenters. The number of nitrogens with zero attached hydrogens (tertiary/aromatic N) is 2. The van der Waals surface area contributed by atoms with Gasteiger partial charge in [0.05, 0.1) is 6.61 Å². The van der Waals surface area contributed by atoms with Crippen LogP contribution >= 0.6 is 0 Å². The molecule has 1 amide bonds. The van der Waals surface area contributed by atoms with Crippen molar-refractivity contribution < 1.29 is 19.1 Å². The standard InChI is InChI=1S/C15H24N2O4/c1-3-20-15(19)12(2)11-16-6-8-17(9-7-16)14(18)13-5-4-10-21-13/h13H,2-11H2,1H3/t13-/m1/s1. The van der Waals surface area contributed by atoms with Crippen LogP contribution in [0.25, 0.3) is 0 Å². The fourth-order valence-corrected chi connectivity index (χ4v) is 2.67. The van der Waals surface area contributed by atoms with Crippen molar-refractivity contribution in [2.24, 2.45) is 0 Å². The third-order valence-corrected chi connectivity index (χ3v) is 3.87. The third kappa shape index (κ3) is 4.28. The molecule has 0 aromatic heterocycles. The lowest BCUT2D eigenvalue weighted by Gasteiger charge is -2.35. The normalized spacial score (nSPS) is 23.1. The summed E-state index contributed by atoms with van der Waals surface area (Å²) in [5.41, 5.74) is 0.468. The van der Waals surface area contributed by atoms with Gasteiger partial charge >= 0.3 is 5.97 Å². The van der Waals surface area contributed by atoms with Gasteiger partial charge in [-0.3, -0.25) is 9.69 Å². The monoisotopic (exact) mass is 296 g/mol. The second-order valence-corrected chi connectivity index (χ2v) is 5.43. The molecule has 6 heteroatoms. The predicted molar refractivity (Wildman–Crippen MR) is 77.8 cm³/mol. The van der Waals surface area contributed by atoms with E-state index in [9.17, 15) is 9.59 Å². The van der Waals surface area contributed by atoms with Gasteiger partial charge in [0.2, 0.25) is 0 Å². The predicted octanol–water partition coefficient (Wildman–Crippen LogP) is 0.429. The highest BCUT2D eigenvalue weighted by Crippen LogP contribution is 2.16. The fourth-order valence-electron chi connectivity index (χ4n) is 2.67. The first-order valence-electron chi connectivity index (χ1n) is 7.59. The summed E-state index contributed by atoms with van der Waals surface area (Å²) < 4.78 is 10.4. The molecule has 0 aliphatic carbocycles. The molecular weight excluding hydrogens is 272 g/mol. The lowest BCUT2D eigenvalue weighted by molar-refractivity contribution is -0.143. The quantitative estimate of drug-likeness (QED) is 0.544. The Morgan fingerprint density at radius 2 is 2.00 bits per heavy atom. The van der Waals surface area contributed by atoms with E-state index in [1.807, 2.05) is 4.90 Å². The molecule has 0 aromatic rings. The lowest BCUT2D eigenvalue weighted by Crippen LogP contribution is -2.51. The maximum atomic E-state index is 12.2. The molecule has 2 saturated heterocycles. The van der Waals surface area contributed by atoms with Gasteiger partial charge in [-0.1, -0.05) is 6.58 Å². The molecule has 0 saturated carbocycles. The van der Waals surface area contributed by atoms with E-state index in [4.69, 9.17) is 9.47 Å². The van der Waals surface area contributed by atoms with Crippen molar-refractivity contribution in [3.05, 3.63) is 12.2 Å². The molecule has 2 fully saturated rings. The molecule has 0 radical (unpaired) electrons. The Hall–Kier alpha value is -1.40. The largest absolute Gasteiger partial charge is 0.463 e. The second kappa shape index (κ2) is 7.56. The zero-order chi connectivity index (χ0) is 15.2.